The zero-order valence-electron chi connectivity index (χ0n) is 25.9. The van der Waals surface area contributed by atoms with E-state index in [0.717, 1.165) is 0 Å². The molecule has 0 unspecified atom stereocenters. The molecule has 6 aromatic rings. The molecule has 6 heteroatoms. The summed E-state index contributed by atoms with van der Waals surface area (Å²) in [7, 11) is 0. The number of rotatable bonds is 9. The Balaban J connectivity index is 0.000000171. The molecular formula is C41H34O4Sn2. The summed E-state index contributed by atoms with van der Waals surface area (Å²) in [5, 5.41) is 19.4. The molecule has 0 heterocycles. The number of carbonyl (C=O) groups excluding carboxylic acids is 2. The average Bonchev–Trinajstić information content (AvgIpc) is 3.12. The molecule has 0 saturated carbocycles. The van der Waals surface area contributed by atoms with Crippen molar-refractivity contribution in [3.8, 4) is 0 Å². The van der Waals surface area contributed by atoms with E-state index in [1.807, 2.05) is 0 Å². The number of carbonyl (C=O) groups is 2. The molecule has 0 amide bonds. The van der Waals surface area contributed by atoms with Crippen LogP contribution in [0.1, 0.15) is 6.42 Å². The van der Waals surface area contributed by atoms with Crippen LogP contribution in [-0.2, 0) is 9.59 Å². The third kappa shape index (κ3) is 11.4. The Morgan fingerprint density at radius 1 is 0.404 bits per heavy atom. The molecular weight excluding hydrogens is 794 g/mol. The van der Waals surface area contributed by atoms with Gasteiger partial charge >= 0.3 is 243 Å². The van der Waals surface area contributed by atoms with E-state index in [4.69, 9.17) is 0 Å². The van der Waals surface area contributed by atoms with Gasteiger partial charge in [-0.05, 0) is 5.57 Å². The van der Waals surface area contributed by atoms with Crippen molar-refractivity contribution in [1.29, 1.82) is 0 Å². The zero-order valence-corrected chi connectivity index (χ0v) is 31.6. The molecule has 0 aromatic heterocycles. The fourth-order valence-corrected chi connectivity index (χ4v) is 19.6. The quantitative estimate of drug-likeness (QED) is 0.165. The van der Waals surface area contributed by atoms with Gasteiger partial charge < -0.3 is 19.8 Å². The topological polar surface area (TPSA) is 80.3 Å². The second-order valence-electron chi connectivity index (χ2n) is 10.4. The predicted octanol–water partition coefficient (Wildman–Crippen LogP) is 1.84. The summed E-state index contributed by atoms with van der Waals surface area (Å²) in [6, 6.07) is 65.9. The predicted molar refractivity (Wildman–Crippen MR) is 192 cm³/mol. The number of carboxylic acids is 2. The molecule has 0 spiro atoms. The molecule has 0 N–H and O–H groups in total. The van der Waals surface area contributed by atoms with Crippen LogP contribution in [0.5, 0.6) is 0 Å². The van der Waals surface area contributed by atoms with E-state index in [-0.39, 0.29) is 0 Å². The van der Waals surface area contributed by atoms with Crippen molar-refractivity contribution in [2.24, 2.45) is 0 Å². The van der Waals surface area contributed by atoms with Crippen molar-refractivity contribution in [3.63, 3.8) is 0 Å². The average molecular weight is 828 g/mol. The Hall–Kier alpha value is -4.40. The van der Waals surface area contributed by atoms with Gasteiger partial charge in [0.25, 0.3) is 0 Å². The van der Waals surface area contributed by atoms with Crippen molar-refractivity contribution >= 4 is 72.9 Å². The van der Waals surface area contributed by atoms with Gasteiger partial charge in [-0.25, -0.2) is 0 Å². The van der Waals surface area contributed by atoms with Crippen molar-refractivity contribution in [2.75, 3.05) is 0 Å². The van der Waals surface area contributed by atoms with Crippen LogP contribution in [0, 0.1) is 0 Å². The van der Waals surface area contributed by atoms with Crippen LogP contribution >= 0.6 is 0 Å². The van der Waals surface area contributed by atoms with E-state index in [1.54, 1.807) is 0 Å². The third-order valence-corrected chi connectivity index (χ3v) is 22.6. The first kappa shape index (κ1) is 35.5. The van der Waals surface area contributed by atoms with Gasteiger partial charge in [-0.3, -0.25) is 0 Å². The Morgan fingerprint density at radius 3 is 0.723 bits per heavy atom. The fourth-order valence-electron chi connectivity index (χ4n) is 4.88. The maximum atomic E-state index is 9.73. The zero-order chi connectivity index (χ0) is 33.3. The monoisotopic (exact) mass is 830 g/mol. The van der Waals surface area contributed by atoms with E-state index in [2.05, 4.69) is 189 Å². The van der Waals surface area contributed by atoms with Crippen LogP contribution in [0.3, 0.4) is 0 Å². The van der Waals surface area contributed by atoms with Gasteiger partial charge in [0.1, 0.15) is 0 Å². The van der Waals surface area contributed by atoms with Gasteiger partial charge in [0.15, 0.2) is 0 Å². The fraction of sp³-hybridized carbons (Fsp3) is 0.0244. The number of benzene rings is 6. The molecule has 4 nitrogen and oxygen atoms in total. The molecule has 0 aliphatic carbocycles. The Labute approximate surface area is 291 Å². The van der Waals surface area contributed by atoms with E-state index in [1.165, 1.54) is 21.5 Å². The summed E-state index contributed by atoms with van der Waals surface area (Å²) in [5.74, 6) is -3.02. The SMILES string of the molecule is C=C(CC(=O)[O-])C(=O)[O-].c1cc[c]([Sn+]([c]2ccccc2)[c]2ccccc2)cc1.c1cc[c]([Sn+]([c]2ccccc2)[c]2ccccc2)cc1. The van der Waals surface area contributed by atoms with Crippen LogP contribution < -0.4 is 31.7 Å². The molecule has 0 bridgehead atoms. The van der Waals surface area contributed by atoms with Crippen LogP contribution in [-0.4, -0.2) is 51.5 Å². The van der Waals surface area contributed by atoms with Gasteiger partial charge in [0.05, 0.1) is 5.97 Å². The van der Waals surface area contributed by atoms with E-state index in [0.29, 0.717) is 0 Å². The summed E-state index contributed by atoms with van der Waals surface area (Å²) in [4.78, 5) is 19.4. The first-order valence-corrected chi connectivity index (χ1v) is 23.7. The Bertz CT molecular complexity index is 1490. The molecule has 0 radical (unpaired) electrons. The van der Waals surface area contributed by atoms with Crippen LogP contribution in [0.25, 0.3) is 0 Å². The summed E-state index contributed by atoms with van der Waals surface area (Å²) in [6.07, 6.45) is -0.678. The van der Waals surface area contributed by atoms with Crippen LogP contribution in [0.4, 0.5) is 0 Å². The van der Waals surface area contributed by atoms with Gasteiger partial charge in [0.2, 0.25) is 0 Å². The standard InChI is InChI=1S/6C6H5.C5H6O4.2Sn/c6*1-2-4-6-5-3-1;1-3(5(8)9)2-4(6)7;;/h6*1-5H;1-2H2,(H,6,7)(H,8,9);;/q;;;;;;;2*+1/p-2. The summed E-state index contributed by atoms with van der Waals surface area (Å²) in [6.45, 7) is 2.91. The first-order valence-electron chi connectivity index (χ1n) is 15.1. The Morgan fingerprint density at radius 2 is 0.596 bits per heavy atom. The molecule has 0 aliphatic heterocycles. The minimum atomic E-state index is -1.98. The third-order valence-electron chi connectivity index (χ3n) is 7.02. The van der Waals surface area contributed by atoms with Crippen LogP contribution in [0.2, 0.25) is 0 Å². The second kappa shape index (κ2) is 19.3. The molecule has 6 rings (SSSR count). The number of aliphatic carboxylic acids is 2. The molecule has 0 atom stereocenters. The molecule has 230 valence electrons. The molecule has 0 saturated heterocycles. The molecule has 0 aliphatic rings. The van der Waals surface area contributed by atoms with Crippen molar-refractivity contribution < 1.29 is 19.8 Å². The van der Waals surface area contributed by atoms with E-state index < -0.39 is 63.5 Å². The number of hydrogen-bond acceptors (Lipinski definition) is 4. The summed E-state index contributed by atoms with van der Waals surface area (Å²) in [5.41, 5.74) is -0.477. The Kier molecular flexibility index (Phi) is 14.6. The van der Waals surface area contributed by atoms with E-state index >= 15 is 0 Å². The number of hydrogen-bond donors (Lipinski definition) is 0. The normalized spacial score (nSPS) is 9.79. The molecule has 6 aromatic carbocycles. The first-order chi connectivity index (χ1) is 22.9. The van der Waals surface area contributed by atoms with Gasteiger partial charge in [0, 0.05) is 12.4 Å². The van der Waals surface area contributed by atoms with Crippen molar-refractivity contribution in [1.82, 2.24) is 0 Å². The maximum absolute atomic E-state index is 9.73. The molecule has 47 heavy (non-hydrogen) atoms. The molecule has 0 fully saturated rings. The van der Waals surface area contributed by atoms with Crippen LogP contribution in [0.15, 0.2) is 194 Å². The van der Waals surface area contributed by atoms with Gasteiger partial charge in [-0.2, -0.15) is 0 Å². The minimum absolute atomic E-state index is 0.477. The van der Waals surface area contributed by atoms with Gasteiger partial charge in [-0.1, -0.05) is 6.58 Å². The van der Waals surface area contributed by atoms with Crippen molar-refractivity contribution in [2.45, 2.75) is 6.42 Å². The number of carboxylic acid groups (broad SMARTS) is 2. The summed E-state index contributed by atoms with van der Waals surface area (Å²) >= 11 is -3.96. The van der Waals surface area contributed by atoms with Crippen molar-refractivity contribution in [3.05, 3.63) is 194 Å². The summed E-state index contributed by atoms with van der Waals surface area (Å²) < 4.78 is 9.18. The second-order valence-corrected chi connectivity index (χ2v) is 24.6. The van der Waals surface area contributed by atoms with Gasteiger partial charge in [-0.15, -0.1) is 0 Å². The van der Waals surface area contributed by atoms with E-state index in [9.17, 15) is 19.8 Å².